The molecule has 40 heavy (non-hydrogen) atoms. The summed E-state index contributed by atoms with van der Waals surface area (Å²) in [5.74, 6) is 1.78. The Hall–Kier alpha value is -3.89. The fourth-order valence-corrected chi connectivity index (χ4v) is 5.51. The monoisotopic (exact) mass is 561 g/mol. The zero-order valence-electron chi connectivity index (χ0n) is 23.3. The molecule has 2 aromatic carbocycles. The first-order chi connectivity index (χ1) is 19.4. The van der Waals surface area contributed by atoms with Gasteiger partial charge in [-0.2, -0.15) is 0 Å². The number of Topliss-reactive ketones (excluding diaryl/α,β-unsaturated/α-hetero) is 1. The molecule has 3 N–H and O–H groups in total. The van der Waals surface area contributed by atoms with Gasteiger partial charge >= 0.3 is 0 Å². The Bertz CT molecular complexity index is 1480. The van der Waals surface area contributed by atoms with Gasteiger partial charge in [-0.3, -0.25) is 9.59 Å². The average molecular weight is 562 g/mol. The SMILES string of the molecule is CCCC(=N)c1nc(-c2cc(SN3CCC(=O)/C(=C\c4ccccc4OC)C3)ccc2OCC)[nH]c(=O)c1NC. The van der Waals surface area contributed by atoms with Gasteiger partial charge in [0.2, 0.25) is 0 Å². The fraction of sp³-hybridized carbons (Fsp3) is 0.333. The van der Waals surface area contributed by atoms with Gasteiger partial charge < -0.3 is 25.2 Å². The number of aromatic nitrogens is 2. The molecule has 4 rings (SSSR count). The number of nitrogens with one attached hydrogen (secondary N) is 3. The van der Waals surface area contributed by atoms with Crippen LogP contribution in [0.3, 0.4) is 0 Å². The molecule has 0 aliphatic carbocycles. The molecule has 9 nitrogen and oxygen atoms in total. The number of ketones is 1. The van der Waals surface area contributed by atoms with Gasteiger partial charge in [-0.15, -0.1) is 0 Å². The maximum absolute atomic E-state index is 13.0. The molecule has 0 amide bonds. The number of H-pyrrole nitrogens is 1. The predicted molar refractivity (Wildman–Crippen MR) is 161 cm³/mol. The summed E-state index contributed by atoms with van der Waals surface area (Å²) in [4.78, 5) is 34.2. The van der Waals surface area contributed by atoms with Crippen LogP contribution in [0.15, 0.2) is 57.7 Å². The van der Waals surface area contributed by atoms with Crippen LogP contribution >= 0.6 is 11.9 Å². The van der Waals surface area contributed by atoms with Gasteiger partial charge in [0.05, 0.1) is 25.0 Å². The molecule has 0 atom stereocenters. The van der Waals surface area contributed by atoms with Gasteiger partial charge in [0, 0.05) is 42.6 Å². The van der Waals surface area contributed by atoms with E-state index < -0.39 is 0 Å². The topological polar surface area (TPSA) is 120 Å². The highest BCUT2D eigenvalue weighted by atomic mass is 32.2. The number of piperidine rings is 1. The van der Waals surface area contributed by atoms with Gasteiger partial charge in [0.25, 0.3) is 5.56 Å². The molecule has 0 saturated carbocycles. The van der Waals surface area contributed by atoms with Crippen molar-refractivity contribution in [2.45, 2.75) is 38.0 Å². The number of carbonyl (C=O) groups excluding carboxylic acids is 1. The van der Waals surface area contributed by atoms with E-state index in [2.05, 4.69) is 14.6 Å². The zero-order valence-corrected chi connectivity index (χ0v) is 24.1. The van der Waals surface area contributed by atoms with Crippen molar-refractivity contribution in [3.63, 3.8) is 0 Å². The second kappa shape index (κ2) is 13.5. The molecule has 0 radical (unpaired) electrons. The lowest BCUT2D eigenvalue weighted by molar-refractivity contribution is -0.116. The maximum Gasteiger partial charge on any atom is 0.275 e. The molecule has 0 unspecified atom stereocenters. The third-order valence-corrected chi connectivity index (χ3v) is 7.49. The van der Waals surface area contributed by atoms with E-state index in [-0.39, 0.29) is 17.0 Å². The number of benzene rings is 2. The molecule has 1 fully saturated rings. The van der Waals surface area contributed by atoms with Crippen molar-refractivity contribution in [3.05, 3.63) is 69.6 Å². The lowest BCUT2D eigenvalue weighted by Crippen LogP contribution is -2.30. The second-order valence-electron chi connectivity index (χ2n) is 9.25. The standard InChI is InChI=1S/C30H35N5O4S/c1-5-9-23(31)27-28(32-3)30(37)34-29(33-27)22-17-21(12-13-26(22)39-6-2)40-35-15-14-24(36)20(18-35)16-19-10-7-8-11-25(19)38-4/h7-8,10-13,16-17,31-32H,5-6,9,14-15,18H2,1-4H3,(H,33,34,37)/b20-16-,31-23?. The Morgan fingerprint density at radius 2 is 2.00 bits per heavy atom. The van der Waals surface area contributed by atoms with E-state index >= 15 is 0 Å². The number of methoxy groups -OCH3 is 1. The van der Waals surface area contributed by atoms with Crippen LogP contribution in [0.5, 0.6) is 11.5 Å². The summed E-state index contributed by atoms with van der Waals surface area (Å²) in [7, 11) is 3.27. The molecular weight excluding hydrogens is 526 g/mol. The largest absolute Gasteiger partial charge is 0.496 e. The van der Waals surface area contributed by atoms with Gasteiger partial charge in [0.15, 0.2) is 5.78 Å². The van der Waals surface area contributed by atoms with Crippen LogP contribution in [-0.4, -0.2) is 59.6 Å². The first-order valence-corrected chi connectivity index (χ1v) is 14.1. The minimum absolute atomic E-state index is 0.128. The van der Waals surface area contributed by atoms with Gasteiger partial charge in [-0.25, -0.2) is 9.29 Å². The highest BCUT2D eigenvalue weighted by Crippen LogP contribution is 2.35. The van der Waals surface area contributed by atoms with E-state index in [1.807, 2.05) is 62.4 Å². The van der Waals surface area contributed by atoms with E-state index in [0.29, 0.717) is 61.1 Å². The number of hydrogen-bond donors (Lipinski definition) is 3. The summed E-state index contributed by atoms with van der Waals surface area (Å²) in [6, 6.07) is 13.4. The Kier molecular flexibility index (Phi) is 9.79. The van der Waals surface area contributed by atoms with Crippen LogP contribution in [0.25, 0.3) is 17.5 Å². The number of hydrogen-bond acceptors (Lipinski definition) is 9. The second-order valence-corrected chi connectivity index (χ2v) is 10.4. The van der Waals surface area contributed by atoms with Crippen molar-refractivity contribution >= 4 is 35.2 Å². The summed E-state index contributed by atoms with van der Waals surface area (Å²) in [5, 5.41) is 11.4. The predicted octanol–water partition coefficient (Wildman–Crippen LogP) is 5.42. The van der Waals surface area contributed by atoms with Crippen molar-refractivity contribution in [2.75, 3.05) is 39.2 Å². The van der Waals surface area contributed by atoms with E-state index in [4.69, 9.17) is 19.9 Å². The molecule has 0 bridgehead atoms. The molecule has 210 valence electrons. The Balaban J connectivity index is 1.66. The minimum Gasteiger partial charge on any atom is -0.496 e. The van der Waals surface area contributed by atoms with E-state index in [9.17, 15) is 9.59 Å². The van der Waals surface area contributed by atoms with E-state index in [1.165, 1.54) is 11.9 Å². The number of nitrogens with zero attached hydrogens (tertiary/aromatic N) is 2. The van der Waals surface area contributed by atoms with Crippen molar-refractivity contribution in [3.8, 4) is 22.9 Å². The first-order valence-electron chi connectivity index (χ1n) is 13.3. The summed E-state index contributed by atoms with van der Waals surface area (Å²) >= 11 is 1.54. The molecule has 1 aliphatic rings. The quantitative estimate of drug-likeness (QED) is 0.161. The molecule has 1 saturated heterocycles. The Morgan fingerprint density at radius 1 is 1.20 bits per heavy atom. The average Bonchev–Trinajstić information content (AvgIpc) is 2.95. The molecule has 2 heterocycles. The molecular formula is C30H35N5O4S. The highest BCUT2D eigenvalue weighted by molar-refractivity contribution is 7.97. The van der Waals surface area contributed by atoms with Crippen LogP contribution in [0, 0.1) is 5.41 Å². The first kappa shape index (κ1) is 29.1. The van der Waals surface area contributed by atoms with Crippen molar-refractivity contribution in [2.24, 2.45) is 0 Å². The van der Waals surface area contributed by atoms with Gasteiger partial charge in [-0.1, -0.05) is 31.5 Å². The fourth-order valence-electron chi connectivity index (χ4n) is 4.52. The molecule has 0 spiro atoms. The number of para-hydroxylation sites is 1. The number of ether oxygens (including phenoxy) is 2. The number of aromatic amines is 1. The lowest BCUT2D eigenvalue weighted by Gasteiger charge is -2.27. The van der Waals surface area contributed by atoms with Gasteiger partial charge in [-0.05, 0) is 55.6 Å². The maximum atomic E-state index is 13.0. The lowest BCUT2D eigenvalue weighted by atomic mass is 10.0. The van der Waals surface area contributed by atoms with E-state index in [0.717, 1.165) is 28.2 Å². The molecule has 1 aliphatic heterocycles. The van der Waals surface area contributed by atoms with Crippen molar-refractivity contribution in [1.82, 2.24) is 14.3 Å². The number of carbonyl (C=O) groups is 1. The molecule has 10 heteroatoms. The van der Waals surface area contributed by atoms with Crippen molar-refractivity contribution in [1.29, 1.82) is 5.41 Å². The number of anilines is 1. The van der Waals surface area contributed by atoms with Gasteiger partial charge in [0.1, 0.15) is 28.7 Å². The summed E-state index contributed by atoms with van der Waals surface area (Å²) < 4.78 is 13.5. The normalized spacial score (nSPS) is 14.8. The third-order valence-electron chi connectivity index (χ3n) is 6.46. The smallest absolute Gasteiger partial charge is 0.275 e. The zero-order chi connectivity index (χ0) is 28.6. The van der Waals surface area contributed by atoms with Crippen molar-refractivity contribution < 1.29 is 14.3 Å². The highest BCUT2D eigenvalue weighted by Gasteiger charge is 2.24. The number of rotatable bonds is 11. The van der Waals surface area contributed by atoms with E-state index in [1.54, 1.807) is 14.2 Å². The van der Waals surface area contributed by atoms with Crippen LogP contribution in [0.4, 0.5) is 5.69 Å². The Morgan fingerprint density at radius 3 is 2.73 bits per heavy atom. The molecule has 1 aromatic heterocycles. The Labute approximate surface area is 238 Å². The summed E-state index contributed by atoms with van der Waals surface area (Å²) in [6.45, 7) is 5.42. The summed E-state index contributed by atoms with van der Waals surface area (Å²) in [6.07, 6.45) is 3.61. The van der Waals surface area contributed by atoms with Crippen LogP contribution < -0.4 is 20.3 Å². The molecule has 3 aromatic rings. The minimum atomic E-state index is -0.343. The third kappa shape index (κ3) is 6.63. The summed E-state index contributed by atoms with van der Waals surface area (Å²) in [5.41, 5.74) is 2.80. The van der Waals surface area contributed by atoms with Crippen LogP contribution in [0.1, 0.15) is 44.4 Å². The van der Waals surface area contributed by atoms with Crippen LogP contribution in [-0.2, 0) is 4.79 Å². The van der Waals surface area contributed by atoms with Crippen LogP contribution in [0.2, 0.25) is 0 Å².